The maximum Gasteiger partial charge on any atom is 0.274 e. The summed E-state index contributed by atoms with van der Waals surface area (Å²) in [7, 11) is 0. The zero-order valence-corrected chi connectivity index (χ0v) is 10.7. The van der Waals surface area contributed by atoms with Gasteiger partial charge in [-0.3, -0.25) is 10.0 Å². The Morgan fingerprint density at radius 1 is 1.33 bits per heavy atom. The molecule has 0 saturated carbocycles. The maximum absolute atomic E-state index is 11.2. The van der Waals surface area contributed by atoms with E-state index in [-0.39, 0.29) is 0 Å². The van der Waals surface area contributed by atoms with E-state index < -0.39 is 5.91 Å². The summed E-state index contributed by atoms with van der Waals surface area (Å²) in [5.41, 5.74) is 3.27. The van der Waals surface area contributed by atoms with Gasteiger partial charge in [-0.05, 0) is 43.0 Å². The van der Waals surface area contributed by atoms with Crippen molar-refractivity contribution in [3.05, 3.63) is 29.8 Å². The average molecular weight is 248 g/mol. The van der Waals surface area contributed by atoms with Gasteiger partial charge in [-0.2, -0.15) is 0 Å². The molecule has 1 amide bonds. The van der Waals surface area contributed by atoms with E-state index in [1.807, 2.05) is 12.1 Å². The molecule has 1 aromatic carbocycles. The van der Waals surface area contributed by atoms with Crippen LogP contribution in [0.5, 0.6) is 0 Å². The van der Waals surface area contributed by atoms with Crippen LogP contribution in [-0.4, -0.2) is 24.2 Å². The number of hydrogen-bond acceptors (Lipinski definition) is 3. The molecule has 0 spiro atoms. The van der Waals surface area contributed by atoms with Crippen molar-refractivity contribution in [1.29, 1.82) is 0 Å². The zero-order chi connectivity index (χ0) is 13.0. The fourth-order valence-corrected chi connectivity index (χ4v) is 2.49. The monoisotopic (exact) mass is 248 g/mol. The van der Waals surface area contributed by atoms with Gasteiger partial charge in [-0.15, -0.1) is 0 Å². The normalized spacial score (nSPS) is 16.7. The van der Waals surface area contributed by atoms with E-state index in [1.165, 1.54) is 19.3 Å². The van der Waals surface area contributed by atoms with Gasteiger partial charge in [0.15, 0.2) is 0 Å². The highest BCUT2D eigenvalue weighted by Crippen LogP contribution is 2.25. The first-order valence-electron chi connectivity index (χ1n) is 6.54. The molecule has 0 atom stereocenters. The lowest BCUT2D eigenvalue weighted by Gasteiger charge is -2.33. The second-order valence-corrected chi connectivity index (χ2v) is 4.83. The van der Waals surface area contributed by atoms with Crippen LogP contribution in [0.2, 0.25) is 0 Å². The third-order valence-electron chi connectivity index (χ3n) is 3.79. The Bertz CT molecular complexity index is 395. The SMILES string of the molecule is CCC1CCN(c2ccc(C(=O)NO)cc2)CC1. The topological polar surface area (TPSA) is 52.6 Å². The third kappa shape index (κ3) is 2.82. The van der Waals surface area contributed by atoms with Crippen molar-refractivity contribution in [1.82, 2.24) is 5.48 Å². The largest absolute Gasteiger partial charge is 0.372 e. The van der Waals surface area contributed by atoms with Gasteiger partial charge in [-0.25, -0.2) is 5.48 Å². The number of nitrogens with zero attached hydrogens (tertiary/aromatic N) is 1. The van der Waals surface area contributed by atoms with Gasteiger partial charge < -0.3 is 4.90 Å². The van der Waals surface area contributed by atoms with Crippen LogP contribution in [0.4, 0.5) is 5.69 Å². The number of hydroxylamine groups is 1. The minimum Gasteiger partial charge on any atom is -0.372 e. The molecule has 1 heterocycles. The van der Waals surface area contributed by atoms with E-state index in [9.17, 15) is 4.79 Å². The molecule has 4 heteroatoms. The Morgan fingerprint density at radius 3 is 2.44 bits per heavy atom. The van der Waals surface area contributed by atoms with Crippen LogP contribution >= 0.6 is 0 Å². The van der Waals surface area contributed by atoms with Crippen LogP contribution in [0, 0.1) is 5.92 Å². The summed E-state index contributed by atoms with van der Waals surface area (Å²) in [6.45, 7) is 4.43. The number of rotatable bonds is 3. The molecule has 1 saturated heterocycles. The molecule has 0 aromatic heterocycles. The minimum atomic E-state index is -0.466. The molecule has 1 fully saturated rings. The van der Waals surface area contributed by atoms with Crippen LogP contribution in [0.3, 0.4) is 0 Å². The minimum absolute atomic E-state index is 0.466. The lowest BCUT2D eigenvalue weighted by Crippen LogP contribution is -2.33. The Kier molecular flexibility index (Phi) is 4.20. The number of carbonyl (C=O) groups is 1. The second-order valence-electron chi connectivity index (χ2n) is 4.83. The summed E-state index contributed by atoms with van der Waals surface area (Å²) in [4.78, 5) is 13.6. The van der Waals surface area contributed by atoms with Crippen molar-refractivity contribution >= 4 is 11.6 Å². The van der Waals surface area contributed by atoms with Crippen molar-refractivity contribution in [3.63, 3.8) is 0 Å². The summed E-state index contributed by atoms with van der Waals surface area (Å²) in [5, 5.41) is 8.55. The number of carbonyl (C=O) groups excluding carboxylic acids is 1. The van der Waals surface area contributed by atoms with Gasteiger partial charge in [-0.1, -0.05) is 13.3 Å². The Balaban J connectivity index is 2.00. The fourth-order valence-electron chi connectivity index (χ4n) is 2.49. The molecular formula is C14H20N2O2. The zero-order valence-electron chi connectivity index (χ0n) is 10.7. The third-order valence-corrected chi connectivity index (χ3v) is 3.79. The maximum atomic E-state index is 11.2. The summed E-state index contributed by atoms with van der Waals surface area (Å²) >= 11 is 0. The highest BCUT2D eigenvalue weighted by molar-refractivity contribution is 5.93. The average Bonchev–Trinajstić information content (AvgIpc) is 2.47. The molecule has 98 valence electrons. The molecule has 2 N–H and O–H groups in total. The van der Waals surface area contributed by atoms with Crippen molar-refractivity contribution in [2.75, 3.05) is 18.0 Å². The van der Waals surface area contributed by atoms with E-state index >= 15 is 0 Å². The van der Waals surface area contributed by atoms with Gasteiger partial charge >= 0.3 is 0 Å². The van der Waals surface area contributed by atoms with Crippen LogP contribution in [0.15, 0.2) is 24.3 Å². The van der Waals surface area contributed by atoms with Crippen LogP contribution in [0.1, 0.15) is 36.5 Å². The van der Waals surface area contributed by atoms with E-state index in [0.717, 1.165) is 24.7 Å². The number of amides is 1. The number of nitrogens with one attached hydrogen (secondary N) is 1. The first-order valence-corrected chi connectivity index (χ1v) is 6.54. The molecule has 1 aromatic rings. The summed E-state index contributed by atoms with van der Waals surface area (Å²) in [5.74, 6) is 0.395. The van der Waals surface area contributed by atoms with Crippen molar-refractivity contribution < 1.29 is 10.0 Å². The first kappa shape index (κ1) is 12.9. The van der Waals surface area contributed by atoms with Gasteiger partial charge in [0.05, 0.1) is 0 Å². The molecule has 1 aliphatic rings. The van der Waals surface area contributed by atoms with Gasteiger partial charge in [0.1, 0.15) is 0 Å². The standard InChI is InChI=1S/C14H20N2O2/c1-2-11-7-9-16(10-8-11)13-5-3-12(4-6-13)14(17)15-18/h3-6,11,18H,2,7-10H2,1H3,(H,15,17). The van der Waals surface area contributed by atoms with Crippen LogP contribution < -0.4 is 10.4 Å². The summed E-state index contributed by atoms with van der Waals surface area (Å²) in [6.07, 6.45) is 3.76. The molecule has 0 bridgehead atoms. The quantitative estimate of drug-likeness (QED) is 0.638. The van der Waals surface area contributed by atoms with E-state index in [4.69, 9.17) is 5.21 Å². The van der Waals surface area contributed by atoms with Gasteiger partial charge in [0.2, 0.25) is 0 Å². The van der Waals surface area contributed by atoms with E-state index in [2.05, 4.69) is 11.8 Å². The number of anilines is 1. The van der Waals surface area contributed by atoms with Crippen molar-refractivity contribution in [3.8, 4) is 0 Å². The molecule has 2 rings (SSSR count). The lowest BCUT2D eigenvalue weighted by molar-refractivity contribution is 0.0706. The van der Waals surface area contributed by atoms with E-state index in [0.29, 0.717) is 5.56 Å². The number of piperidine rings is 1. The molecule has 0 unspecified atom stereocenters. The van der Waals surface area contributed by atoms with Crippen molar-refractivity contribution in [2.24, 2.45) is 5.92 Å². The molecular weight excluding hydrogens is 228 g/mol. The summed E-state index contributed by atoms with van der Waals surface area (Å²) in [6, 6.07) is 7.37. The molecule has 1 aliphatic heterocycles. The number of benzene rings is 1. The predicted octanol–water partition coefficient (Wildman–Crippen LogP) is 2.43. The molecule has 18 heavy (non-hydrogen) atoms. The molecule has 0 radical (unpaired) electrons. The Labute approximate surface area is 108 Å². The van der Waals surface area contributed by atoms with Crippen LogP contribution in [0.25, 0.3) is 0 Å². The van der Waals surface area contributed by atoms with Crippen molar-refractivity contribution in [2.45, 2.75) is 26.2 Å². The highest BCUT2D eigenvalue weighted by atomic mass is 16.5. The van der Waals surface area contributed by atoms with Gasteiger partial charge in [0, 0.05) is 24.3 Å². The Morgan fingerprint density at radius 2 is 1.94 bits per heavy atom. The fraction of sp³-hybridized carbons (Fsp3) is 0.500. The Hall–Kier alpha value is -1.55. The van der Waals surface area contributed by atoms with Gasteiger partial charge in [0.25, 0.3) is 5.91 Å². The van der Waals surface area contributed by atoms with E-state index in [1.54, 1.807) is 17.6 Å². The molecule has 4 nitrogen and oxygen atoms in total. The second kappa shape index (κ2) is 5.87. The smallest absolute Gasteiger partial charge is 0.274 e. The first-order chi connectivity index (χ1) is 8.74. The van der Waals surface area contributed by atoms with Crippen LogP contribution in [-0.2, 0) is 0 Å². The molecule has 0 aliphatic carbocycles. The predicted molar refractivity (Wildman–Crippen MR) is 70.9 cm³/mol. The summed E-state index contributed by atoms with van der Waals surface area (Å²) < 4.78 is 0. The highest BCUT2D eigenvalue weighted by Gasteiger charge is 2.18. The lowest BCUT2D eigenvalue weighted by atomic mass is 9.94. The number of hydrogen-bond donors (Lipinski definition) is 2.